The Morgan fingerprint density at radius 2 is 1.78 bits per heavy atom. The molecule has 0 bridgehead atoms. The molecule has 0 fully saturated rings. The summed E-state index contributed by atoms with van der Waals surface area (Å²) in [5, 5.41) is 10.6. The van der Waals surface area contributed by atoms with Crippen molar-refractivity contribution in [1.82, 2.24) is 9.47 Å². The quantitative estimate of drug-likeness (QED) is 0.784. The number of carboxylic acid groups (broad SMARTS) is 1. The van der Waals surface area contributed by atoms with Crippen LogP contribution in [0.4, 0.5) is 4.79 Å². The van der Waals surface area contributed by atoms with Crippen LogP contribution < -0.4 is 0 Å². The van der Waals surface area contributed by atoms with Gasteiger partial charge in [-0.15, -0.1) is 0 Å². The fourth-order valence-corrected chi connectivity index (χ4v) is 3.50. The second-order valence-electron chi connectivity index (χ2n) is 5.97. The zero-order valence-electron chi connectivity index (χ0n) is 12.8. The van der Waals surface area contributed by atoms with Gasteiger partial charge in [0.1, 0.15) is 0 Å². The number of benzene rings is 2. The van der Waals surface area contributed by atoms with Crippen molar-refractivity contribution in [2.24, 2.45) is 0 Å². The van der Waals surface area contributed by atoms with Crippen molar-refractivity contribution in [3.05, 3.63) is 71.4 Å². The second-order valence-corrected chi connectivity index (χ2v) is 5.97. The lowest BCUT2D eigenvalue weighted by atomic mass is 10.0. The van der Waals surface area contributed by atoms with Gasteiger partial charge in [-0.25, -0.2) is 4.79 Å². The summed E-state index contributed by atoms with van der Waals surface area (Å²) in [7, 11) is 0. The zero-order valence-corrected chi connectivity index (χ0v) is 12.8. The van der Waals surface area contributed by atoms with E-state index in [1.807, 2.05) is 24.3 Å². The van der Waals surface area contributed by atoms with E-state index in [4.69, 9.17) is 0 Å². The maximum atomic E-state index is 11.4. The van der Waals surface area contributed by atoms with Crippen LogP contribution in [0.1, 0.15) is 16.8 Å². The number of hydrogen-bond acceptors (Lipinski definition) is 1. The van der Waals surface area contributed by atoms with Gasteiger partial charge in [0, 0.05) is 29.7 Å². The lowest BCUT2D eigenvalue weighted by molar-refractivity contribution is 0.138. The van der Waals surface area contributed by atoms with Gasteiger partial charge in [-0.2, -0.15) is 0 Å². The standard InChI is InChI=1S/C19H18N2O2/c22-19(23)20-11-10-16-15-8-4-5-9-17(15)21(18(16)13-20)12-14-6-2-1-3-7-14/h1-9H,10-13H2,(H,22,23). The molecule has 1 amide bonds. The molecule has 0 radical (unpaired) electrons. The Hall–Kier alpha value is -2.75. The van der Waals surface area contributed by atoms with Crippen LogP contribution in [0.5, 0.6) is 0 Å². The van der Waals surface area contributed by atoms with Crippen LogP contribution in [-0.2, 0) is 19.5 Å². The Balaban J connectivity index is 1.85. The summed E-state index contributed by atoms with van der Waals surface area (Å²) in [5.74, 6) is 0. The summed E-state index contributed by atoms with van der Waals surface area (Å²) in [6.45, 7) is 1.80. The lowest BCUT2D eigenvalue weighted by Gasteiger charge is -2.26. The predicted molar refractivity (Wildman–Crippen MR) is 89.6 cm³/mol. The molecule has 0 saturated heterocycles. The highest BCUT2D eigenvalue weighted by molar-refractivity contribution is 5.86. The Morgan fingerprint density at radius 3 is 2.57 bits per heavy atom. The maximum Gasteiger partial charge on any atom is 0.407 e. The first-order chi connectivity index (χ1) is 11.2. The predicted octanol–water partition coefficient (Wildman–Crippen LogP) is 3.73. The van der Waals surface area contributed by atoms with E-state index in [1.165, 1.54) is 26.9 Å². The Morgan fingerprint density at radius 1 is 1.04 bits per heavy atom. The molecule has 0 saturated carbocycles. The summed E-state index contributed by atoms with van der Waals surface area (Å²) < 4.78 is 2.27. The number of para-hydroxylation sites is 1. The van der Waals surface area contributed by atoms with Crippen molar-refractivity contribution in [3.8, 4) is 0 Å². The normalized spacial score (nSPS) is 14.0. The molecule has 1 aromatic heterocycles. The molecule has 2 aromatic carbocycles. The molecule has 0 spiro atoms. The molecule has 0 unspecified atom stereocenters. The minimum atomic E-state index is -0.841. The van der Waals surface area contributed by atoms with Crippen molar-refractivity contribution in [1.29, 1.82) is 0 Å². The number of carbonyl (C=O) groups is 1. The highest BCUT2D eigenvalue weighted by atomic mass is 16.4. The first-order valence-electron chi connectivity index (χ1n) is 7.85. The van der Waals surface area contributed by atoms with Gasteiger partial charge in [0.15, 0.2) is 0 Å². The van der Waals surface area contributed by atoms with Gasteiger partial charge in [-0.1, -0.05) is 48.5 Å². The van der Waals surface area contributed by atoms with E-state index >= 15 is 0 Å². The van der Waals surface area contributed by atoms with E-state index in [0.717, 1.165) is 18.7 Å². The van der Waals surface area contributed by atoms with E-state index in [1.54, 1.807) is 0 Å². The van der Waals surface area contributed by atoms with Gasteiger partial charge < -0.3 is 14.6 Å². The van der Waals surface area contributed by atoms with E-state index < -0.39 is 6.09 Å². The van der Waals surface area contributed by atoms with E-state index in [2.05, 4.69) is 34.9 Å². The van der Waals surface area contributed by atoms with Gasteiger partial charge in [0.25, 0.3) is 0 Å². The van der Waals surface area contributed by atoms with Crippen LogP contribution in [0, 0.1) is 0 Å². The number of nitrogens with zero attached hydrogens (tertiary/aromatic N) is 2. The molecule has 2 heterocycles. The SMILES string of the molecule is O=C(O)N1CCc2c(n(Cc3ccccc3)c3ccccc23)C1. The topological polar surface area (TPSA) is 45.5 Å². The summed E-state index contributed by atoms with van der Waals surface area (Å²) in [4.78, 5) is 12.9. The third-order valence-electron chi connectivity index (χ3n) is 4.62. The van der Waals surface area contributed by atoms with Gasteiger partial charge in [0.05, 0.1) is 6.54 Å². The van der Waals surface area contributed by atoms with Crippen LogP contribution in [0.15, 0.2) is 54.6 Å². The maximum absolute atomic E-state index is 11.4. The lowest BCUT2D eigenvalue weighted by Crippen LogP contribution is -2.35. The fraction of sp³-hybridized carbons (Fsp3) is 0.211. The van der Waals surface area contributed by atoms with E-state index in [-0.39, 0.29) is 0 Å². The largest absolute Gasteiger partial charge is 0.465 e. The fourth-order valence-electron chi connectivity index (χ4n) is 3.50. The molecule has 4 heteroatoms. The first kappa shape index (κ1) is 13.9. The van der Waals surface area contributed by atoms with Crippen LogP contribution in [0.3, 0.4) is 0 Å². The zero-order chi connectivity index (χ0) is 15.8. The minimum absolute atomic E-state index is 0.464. The molecule has 0 atom stereocenters. The van der Waals surface area contributed by atoms with E-state index in [9.17, 15) is 9.90 Å². The van der Waals surface area contributed by atoms with Gasteiger partial charge in [-0.3, -0.25) is 0 Å². The molecule has 116 valence electrons. The van der Waals surface area contributed by atoms with Crippen molar-refractivity contribution in [2.75, 3.05) is 6.54 Å². The summed E-state index contributed by atoms with van der Waals surface area (Å²) in [6, 6.07) is 18.7. The summed E-state index contributed by atoms with van der Waals surface area (Å²) >= 11 is 0. The van der Waals surface area contributed by atoms with Crippen LogP contribution in [-0.4, -0.2) is 27.2 Å². The number of amides is 1. The molecule has 3 aromatic rings. The third kappa shape index (κ3) is 2.36. The molecule has 1 aliphatic heterocycles. The smallest absolute Gasteiger partial charge is 0.407 e. The number of hydrogen-bond donors (Lipinski definition) is 1. The van der Waals surface area contributed by atoms with Gasteiger partial charge >= 0.3 is 6.09 Å². The van der Waals surface area contributed by atoms with E-state index in [0.29, 0.717) is 13.1 Å². The van der Waals surface area contributed by atoms with Gasteiger partial charge in [0.2, 0.25) is 0 Å². The highest BCUT2D eigenvalue weighted by Crippen LogP contribution is 2.31. The monoisotopic (exact) mass is 306 g/mol. The molecule has 1 N–H and O–H groups in total. The minimum Gasteiger partial charge on any atom is -0.465 e. The van der Waals surface area contributed by atoms with Crippen molar-refractivity contribution in [2.45, 2.75) is 19.5 Å². The van der Waals surface area contributed by atoms with Crippen molar-refractivity contribution in [3.63, 3.8) is 0 Å². The molecule has 1 aliphatic rings. The summed E-state index contributed by atoms with van der Waals surface area (Å²) in [5.41, 5.74) is 4.84. The molecule has 23 heavy (non-hydrogen) atoms. The number of aromatic nitrogens is 1. The third-order valence-corrected chi connectivity index (χ3v) is 4.62. The van der Waals surface area contributed by atoms with Crippen molar-refractivity contribution >= 4 is 17.0 Å². The molecular formula is C19H18N2O2. The second kappa shape index (κ2) is 5.47. The molecule has 0 aliphatic carbocycles. The number of rotatable bonds is 2. The first-order valence-corrected chi connectivity index (χ1v) is 7.85. The molecule has 4 nitrogen and oxygen atoms in total. The number of fused-ring (bicyclic) bond motifs is 3. The Bertz CT molecular complexity index is 868. The van der Waals surface area contributed by atoms with Crippen LogP contribution >= 0.6 is 0 Å². The van der Waals surface area contributed by atoms with Gasteiger partial charge in [-0.05, 0) is 23.6 Å². The van der Waals surface area contributed by atoms with Crippen molar-refractivity contribution < 1.29 is 9.90 Å². The average Bonchev–Trinajstić information content (AvgIpc) is 2.90. The van der Waals surface area contributed by atoms with Crippen LogP contribution in [0.2, 0.25) is 0 Å². The highest BCUT2D eigenvalue weighted by Gasteiger charge is 2.26. The molecule has 4 rings (SSSR count). The Kier molecular flexibility index (Phi) is 3.30. The molecular weight excluding hydrogens is 288 g/mol. The van der Waals surface area contributed by atoms with Crippen LogP contribution in [0.25, 0.3) is 10.9 Å². The summed E-state index contributed by atoms with van der Waals surface area (Å²) in [6.07, 6.45) is -0.0589. The Labute approximate surface area is 134 Å². The average molecular weight is 306 g/mol.